The first-order valence-electron chi connectivity index (χ1n) is 8.93. The van der Waals surface area contributed by atoms with E-state index in [0.29, 0.717) is 18.9 Å². The van der Waals surface area contributed by atoms with Crippen LogP contribution in [0.15, 0.2) is 30.9 Å². The molecule has 1 aliphatic rings. The summed E-state index contributed by atoms with van der Waals surface area (Å²) in [7, 11) is 0. The van der Waals surface area contributed by atoms with Gasteiger partial charge in [0.05, 0.1) is 12.6 Å². The predicted octanol–water partition coefficient (Wildman–Crippen LogP) is 2.67. The Bertz CT molecular complexity index is 646. The van der Waals surface area contributed by atoms with Gasteiger partial charge >= 0.3 is 0 Å². The fourth-order valence-corrected chi connectivity index (χ4v) is 3.51. The van der Waals surface area contributed by atoms with E-state index in [4.69, 9.17) is 0 Å². The van der Waals surface area contributed by atoms with Crippen LogP contribution in [0.25, 0.3) is 0 Å². The third-order valence-electron chi connectivity index (χ3n) is 4.74. The van der Waals surface area contributed by atoms with Gasteiger partial charge in [-0.15, -0.1) is 0 Å². The van der Waals surface area contributed by atoms with Gasteiger partial charge in [0.25, 0.3) is 0 Å². The third kappa shape index (κ3) is 3.86. The maximum Gasteiger partial charge on any atom is 0.224 e. The average Bonchev–Trinajstić information content (AvgIpc) is 3.24. The van der Waals surface area contributed by atoms with Crippen LogP contribution >= 0.6 is 0 Å². The van der Waals surface area contributed by atoms with Crippen molar-refractivity contribution in [2.45, 2.75) is 64.6 Å². The van der Waals surface area contributed by atoms with Crippen LogP contribution in [0.5, 0.6) is 0 Å². The number of carbonyl (C=O) groups excluding carboxylic acids is 1. The summed E-state index contributed by atoms with van der Waals surface area (Å²) in [6, 6.07) is 2.19. The smallest absolute Gasteiger partial charge is 0.224 e. The highest BCUT2D eigenvalue weighted by molar-refractivity contribution is 5.76. The number of aromatic nitrogens is 4. The van der Waals surface area contributed by atoms with Gasteiger partial charge < -0.3 is 9.47 Å². The fraction of sp³-hybridized carbons (Fsp3) is 0.611. The van der Waals surface area contributed by atoms with Crippen LogP contribution in [0.4, 0.5) is 0 Å². The first-order chi connectivity index (χ1) is 11.6. The van der Waals surface area contributed by atoms with E-state index in [1.54, 1.807) is 6.20 Å². The molecule has 0 aromatic carbocycles. The van der Waals surface area contributed by atoms with E-state index in [1.807, 2.05) is 29.3 Å². The van der Waals surface area contributed by atoms with Crippen molar-refractivity contribution in [1.29, 1.82) is 0 Å². The Morgan fingerprint density at radius 2 is 2.17 bits per heavy atom. The molecule has 1 aliphatic heterocycles. The number of carbonyl (C=O) groups is 1. The molecule has 1 unspecified atom stereocenters. The van der Waals surface area contributed by atoms with E-state index in [2.05, 4.69) is 33.4 Å². The zero-order chi connectivity index (χ0) is 16.9. The quantitative estimate of drug-likeness (QED) is 0.819. The van der Waals surface area contributed by atoms with Crippen LogP contribution < -0.4 is 0 Å². The molecule has 130 valence electrons. The van der Waals surface area contributed by atoms with Crippen LogP contribution in [0.1, 0.15) is 51.3 Å². The molecule has 1 fully saturated rings. The van der Waals surface area contributed by atoms with Crippen LogP contribution in [0, 0.1) is 0 Å². The summed E-state index contributed by atoms with van der Waals surface area (Å²) in [6.07, 6.45) is 11.4. The van der Waals surface area contributed by atoms with E-state index >= 15 is 0 Å². The molecule has 24 heavy (non-hydrogen) atoms. The molecule has 0 bridgehead atoms. The van der Waals surface area contributed by atoms with Gasteiger partial charge in [-0.2, -0.15) is 5.10 Å². The van der Waals surface area contributed by atoms with Gasteiger partial charge in [-0.1, -0.05) is 13.8 Å². The zero-order valence-electron chi connectivity index (χ0n) is 14.6. The predicted molar refractivity (Wildman–Crippen MR) is 92.5 cm³/mol. The number of nitrogens with zero attached hydrogens (tertiary/aromatic N) is 5. The number of piperidine rings is 1. The van der Waals surface area contributed by atoms with Crippen molar-refractivity contribution in [3.63, 3.8) is 0 Å². The second kappa shape index (κ2) is 7.64. The number of hydrogen-bond acceptors (Lipinski definition) is 3. The van der Waals surface area contributed by atoms with Crippen molar-refractivity contribution in [2.24, 2.45) is 0 Å². The minimum atomic E-state index is 0.246. The molecule has 1 saturated heterocycles. The largest absolute Gasteiger partial charge is 0.338 e. The molecule has 2 aromatic rings. The van der Waals surface area contributed by atoms with Crippen LogP contribution in [0.3, 0.4) is 0 Å². The molecule has 6 nitrogen and oxygen atoms in total. The molecule has 3 heterocycles. The van der Waals surface area contributed by atoms with Gasteiger partial charge in [0.1, 0.15) is 5.82 Å². The summed E-state index contributed by atoms with van der Waals surface area (Å²) in [5.74, 6) is 1.67. The highest BCUT2D eigenvalue weighted by atomic mass is 16.2. The Labute approximate surface area is 143 Å². The number of likely N-dealkylation sites (tertiary alicyclic amines) is 1. The van der Waals surface area contributed by atoms with Crippen molar-refractivity contribution >= 4 is 5.91 Å². The number of hydrogen-bond donors (Lipinski definition) is 0. The van der Waals surface area contributed by atoms with Crippen molar-refractivity contribution < 1.29 is 4.79 Å². The zero-order valence-corrected chi connectivity index (χ0v) is 14.6. The lowest BCUT2D eigenvalue weighted by Crippen LogP contribution is -2.46. The van der Waals surface area contributed by atoms with Crippen LogP contribution in [-0.2, 0) is 17.9 Å². The normalized spacial score (nSPS) is 18.3. The Morgan fingerprint density at radius 1 is 1.29 bits per heavy atom. The SMILES string of the molecule is CC(C)c1nccn1CCC(=O)N1CCCCC1Cn1cccn1. The van der Waals surface area contributed by atoms with Crippen LogP contribution in [-0.4, -0.2) is 42.7 Å². The first-order valence-corrected chi connectivity index (χ1v) is 8.93. The Morgan fingerprint density at radius 3 is 2.92 bits per heavy atom. The van der Waals surface area contributed by atoms with E-state index in [9.17, 15) is 4.79 Å². The molecule has 2 aromatic heterocycles. The van der Waals surface area contributed by atoms with E-state index in [-0.39, 0.29) is 11.9 Å². The van der Waals surface area contributed by atoms with Crippen molar-refractivity contribution in [3.05, 3.63) is 36.7 Å². The Kier molecular flexibility index (Phi) is 5.33. The lowest BCUT2D eigenvalue weighted by molar-refractivity contribution is -0.135. The maximum atomic E-state index is 12.8. The minimum absolute atomic E-state index is 0.246. The van der Waals surface area contributed by atoms with Gasteiger partial charge in [0, 0.05) is 50.2 Å². The maximum absolute atomic E-state index is 12.8. The van der Waals surface area contributed by atoms with Crippen molar-refractivity contribution in [1.82, 2.24) is 24.2 Å². The molecular weight excluding hydrogens is 302 g/mol. The Hall–Kier alpha value is -2.11. The second-order valence-corrected chi connectivity index (χ2v) is 6.85. The van der Waals surface area contributed by atoms with Gasteiger partial charge in [-0.05, 0) is 25.3 Å². The van der Waals surface area contributed by atoms with E-state index in [1.165, 1.54) is 6.42 Å². The monoisotopic (exact) mass is 329 g/mol. The summed E-state index contributed by atoms with van der Waals surface area (Å²) in [4.78, 5) is 19.2. The lowest BCUT2D eigenvalue weighted by Gasteiger charge is -2.36. The molecule has 0 radical (unpaired) electrons. The van der Waals surface area contributed by atoms with Crippen LogP contribution in [0.2, 0.25) is 0 Å². The standard InChI is InChI=1S/C18H27N5O/c1-15(2)18-19-9-13-21(18)12-7-17(24)23-11-4-3-6-16(23)14-22-10-5-8-20-22/h5,8-10,13,15-16H,3-4,6-7,11-12,14H2,1-2H3. The van der Waals surface area contributed by atoms with Gasteiger partial charge in [0.2, 0.25) is 5.91 Å². The molecule has 0 spiro atoms. The third-order valence-corrected chi connectivity index (χ3v) is 4.74. The topological polar surface area (TPSA) is 56.0 Å². The first kappa shape index (κ1) is 16.7. The molecule has 1 amide bonds. The summed E-state index contributed by atoms with van der Waals surface area (Å²) < 4.78 is 4.04. The summed E-state index contributed by atoms with van der Waals surface area (Å²) >= 11 is 0. The molecular formula is C18H27N5O. The van der Waals surface area contributed by atoms with Gasteiger partial charge in [-0.25, -0.2) is 4.98 Å². The molecule has 0 aliphatic carbocycles. The van der Waals surface area contributed by atoms with Gasteiger partial charge in [-0.3, -0.25) is 9.48 Å². The van der Waals surface area contributed by atoms with Crippen molar-refractivity contribution in [3.8, 4) is 0 Å². The number of amides is 1. The Balaban J connectivity index is 1.60. The number of aryl methyl sites for hydroxylation is 1. The minimum Gasteiger partial charge on any atom is -0.338 e. The molecule has 3 rings (SSSR count). The lowest BCUT2D eigenvalue weighted by atomic mass is 10.0. The molecule has 0 N–H and O–H groups in total. The van der Waals surface area contributed by atoms with Gasteiger partial charge in [0.15, 0.2) is 0 Å². The molecule has 6 heteroatoms. The highest BCUT2D eigenvalue weighted by Gasteiger charge is 2.27. The number of imidazole rings is 1. The van der Waals surface area contributed by atoms with E-state index < -0.39 is 0 Å². The second-order valence-electron chi connectivity index (χ2n) is 6.85. The van der Waals surface area contributed by atoms with Crippen molar-refractivity contribution in [2.75, 3.05) is 6.54 Å². The summed E-state index contributed by atoms with van der Waals surface area (Å²) in [6.45, 7) is 6.63. The highest BCUT2D eigenvalue weighted by Crippen LogP contribution is 2.20. The molecule has 1 atom stereocenters. The molecule has 0 saturated carbocycles. The summed E-state index contributed by atoms with van der Waals surface area (Å²) in [5.41, 5.74) is 0. The fourth-order valence-electron chi connectivity index (χ4n) is 3.51. The summed E-state index contributed by atoms with van der Waals surface area (Å²) in [5, 5.41) is 4.29. The van der Waals surface area contributed by atoms with E-state index in [0.717, 1.165) is 31.8 Å². The average molecular weight is 329 g/mol. The number of rotatable bonds is 6.